The van der Waals surface area contributed by atoms with Crippen molar-refractivity contribution in [2.45, 2.75) is 26.7 Å². The Morgan fingerprint density at radius 3 is 2.23 bits per heavy atom. The number of aromatic carboxylic acids is 1. The minimum Gasteiger partial charge on any atom is -0.478 e. The molecule has 2 aromatic rings. The van der Waals surface area contributed by atoms with Gasteiger partial charge in [0.05, 0.1) is 22.5 Å². The zero-order valence-corrected chi connectivity index (χ0v) is 14.9. The summed E-state index contributed by atoms with van der Waals surface area (Å²) >= 11 is 0. The number of benzene rings is 2. The van der Waals surface area contributed by atoms with E-state index < -0.39 is 5.97 Å². The van der Waals surface area contributed by atoms with Gasteiger partial charge in [-0.3, -0.25) is 4.79 Å². The molecule has 3 rings (SSSR count). The van der Waals surface area contributed by atoms with Gasteiger partial charge in [-0.25, -0.2) is 4.79 Å². The minimum absolute atomic E-state index is 0.169. The number of carboxylic acids is 1. The lowest BCUT2D eigenvalue weighted by molar-refractivity contribution is -0.114. The van der Waals surface area contributed by atoms with Gasteiger partial charge in [0.2, 0.25) is 0 Å². The molecule has 0 aromatic heterocycles. The van der Waals surface area contributed by atoms with Gasteiger partial charge >= 0.3 is 5.97 Å². The first kappa shape index (κ1) is 17.6. The Hall–Kier alpha value is -3.21. The molecule has 1 aliphatic rings. The topological polar surface area (TPSA) is 70.0 Å². The van der Waals surface area contributed by atoms with Crippen LogP contribution in [0.1, 0.15) is 48.2 Å². The Morgan fingerprint density at radius 2 is 1.69 bits per heavy atom. The maximum absolute atomic E-state index is 12.7. The molecule has 0 spiro atoms. The van der Waals surface area contributed by atoms with E-state index in [4.69, 9.17) is 5.11 Å². The second kappa shape index (κ2) is 6.96. The van der Waals surface area contributed by atoms with Gasteiger partial charge in [0, 0.05) is 0 Å². The minimum atomic E-state index is -1.01. The molecule has 0 bridgehead atoms. The highest BCUT2D eigenvalue weighted by Gasteiger charge is 2.28. The SMILES string of the molecule is CC1=NN(c2ccc(C(=O)O)cc2)C(=O)C1=Cc1ccc(C(C)C)cc1. The van der Waals surface area contributed by atoms with Crippen LogP contribution >= 0.6 is 0 Å². The van der Waals surface area contributed by atoms with Crippen LogP contribution in [0, 0.1) is 0 Å². The molecule has 0 aliphatic carbocycles. The summed E-state index contributed by atoms with van der Waals surface area (Å²) in [6.07, 6.45) is 1.83. The van der Waals surface area contributed by atoms with E-state index in [2.05, 4.69) is 31.1 Å². The van der Waals surface area contributed by atoms with Crippen molar-refractivity contribution >= 4 is 29.4 Å². The summed E-state index contributed by atoms with van der Waals surface area (Å²) in [6, 6.07) is 14.2. The van der Waals surface area contributed by atoms with E-state index in [1.165, 1.54) is 22.7 Å². The van der Waals surface area contributed by atoms with Crippen LogP contribution in [-0.2, 0) is 4.79 Å². The molecule has 0 saturated carbocycles. The van der Waals surface area contributed by atoms with Crippen molar-refractivity contribution in [3.05, 3.63) is 70.8 Å². The standard InChI is InChI=1S/C21H20N2O3/c1-13(2)16-6-4-15(5-7-16)12-19-14(3)22-23(20(19)24)18-10-8-17(9-11-18)21(25)26/h4-13H,1-3H3,(H,25,26). The van der Waals surface area contributed by atoms with Gasteiger partial charge in [-0.2, -0.15) is 10.1 Å². The summed E-state index contributed by atoms with van der Waals surface area (Å²) in [5, 5.41) is 14.6. The summed E-state index contributed by atoms with van der Waals surface area (Å²) in [5.74, 6) is -0.773. The van der Waals surface area contributed by atoms with Gasteiger partial charge in [0.1, 0.15) is 0 Å². The number of nitrogens with zero attached hydrogens (tertiary/aromatic N) is 2. The van der Waals surface area contributed by atoms with Crippen molar-refractivity contribution in [3.8, 4) is 0 Å². The molecular formula is C21H20N2O3. The number of hydrazone groups is 1. The van der Waals surface area contributed by atoms with Crippen LogP contribution in [0.2, 0.25) is 0 Å². The molecule has 132 valence electrons. The molecule has 0 unspecified atom stereocenters. The van der Waals surface area contributed by atoms with Crippen LogP contribution in [0.5, 0.6) is 0 Å². The summed E-state index contributed by atoms with van der Waals surface area (Å²) in [4.78, 5) is 23.7. The number of anilines is 1. The molecule has 0 fully saturated rings. The van der Waals surface area contributed by atoms with Crippen LogP contribution in [0.25, 0.3) is 6.08 Å². The van der Waals surface area contributed by atoms with Gasteiger partial charge in [0.15, 0.2) is 0 Å². The zero-order valence-electron chi connectivity index (χ0n) is 14.9. The van der Waals surface area contributed by atoms with E-state index in [-0.39, 0.29) is 11.5 Å². The van der Waals surface area contributed by atoms with E-state index in [0.717, 1.165) is 5.56 Å². The maximum Gasteiger partial charge on any atom is 0.335 e. The molecule has 1 N–H and O–H groups in total. The summed E-state index contributed by atoms with van der Waals surface area (Å²) < 4.78 is 0. The fraction of sp³-hybridized carbons (Fsp3) is 0.190. The molecule has 2 aromatic carbocycles. The Bertz CT molecular complexity index is 907. The molecule has 1 amide bonds. The van der Waals surface area contributed by atoms with Crippen molar-refractivity contribution in [1.82, 2.24) is 0 Å². The monoisotopic (exact) mass is 348 g/mol. The maximum atomic E-state index is 12.7. The smallest absolute Gasteiger partial charge is 0.335 e. The van der Waals surface area contributed by atoms with Gasteiger partial charge in [-0.05, 0) is 54.3 Å². The molecule has 0 saturated heterocycles. The first-order chi connectivity index (χ1) is 12.4. The highest BCUT2D eigenvalue weighted by molar-refractivity contribution is 6.32. The number of hydrogen-bond acceptors (Lipinski definition) is 3. The third-order valence-corrected chi connectivity index (χ3v) is 4.34. The molecular weight excluding hydrogens is 328 g/mol. The Labute approximate surface area is 152 Å². The Morgan fingerprint density at radius 1 is 1.08 bits per heavy atom. The summed E-state index contributed by atoms with van der Waals surface area (Å²) in [6.45, 7) is 6.06. The number of carbonyl (C=O) groups is 2. The average Bonchev–Trinajstić information content (AvgIpc) is 2.90. The van der Waals surface area contributed by atoms with Crippen LogP contribution in [0.15, 0.2) is 59.2 Å². The molecule has 1 heterocycles. The van der Waals surface area contributed by atoms with E-state index in [0.29, 0.717) is 22.9 Å². The second-order valence-electron chi connectivity index (χ2n) is 6.53. The zero-order chi connectivity index (χ0) is 18.8. The molecule has 26 heavy (non-hydrogen) atoms. The third kappa shape index (κ3) is 3.42. The lowest BCUT2D eigenvalue weighted by atomic mass is 10.0. The number of rotatable bonds is 4. The summed E-state index contributed by atoms with van der Waals surface area (Å²) in [5.41, 5.74) is 4.06. The van der Waals surface area contributed by atoms with Crippen LogP contribution in [-0.4, -0.2) is 22.7 Å². The third-order valence-electron chi connectivity index (χ3n) is 4.34. The predicted octanol–water partition coefficient (Wildman–Crippen LogP) is 4.31. The summed E-state index contributed by atoms with van der Waals surface area (Å²) in [7, 11) is 0. The van der Waals surface area contributed by atoms with E-state index in [9.17, 15) is 9.59 Å². The van der Waals surface area contributed by atoms with Gasteiger partial charge < -0.3 is 5.11 Å². The van der Waals surface area contributed by atoms with Crippen LogP contribution < -0.4 is 5.01 Å². The number of carboxylic acid groups (broad SMARTS) is 1. The van der Waals surface area contributed by atoms with Gasteiger partial charge in [0.25, 0.3) is 5.91 Å². The first-order valence-corrected chi connectivity index (χ1v) is 8.42. The van der Waals surface area contributed by atoms with E-state index in [1.807, 2.05) is 18.2 Å². The molecule has 5 nitrogen and oxygen atoms in total. The molecule has 0 atom stereocenters. The van der Waals surface area contributed by atoms with Crippen molar-refractivity contribution < 1.29 is 14.7 Å². The Kier molecular flexibility index (Phi) is 4.71. The van der Waals surface area contributed by atoms with E-state index in [1.54, 1.807) is 19.1 Å². The molecule has 5 heteroatoms. The fourth-order valence-corrected chi connectivity index (χ4v) is 2.75. The van der Waals surface area contributed by atoms with Crippen molar-refractivity contribution in [2.75, 3.05) is 5.01 Å². The van der Waals surface area contributed by atoms with Crippen molar-refractivity contribution in [3.63, 3.8) is 0 Å². The lowest BCUT2D eigenvalue weighted by Gasteiger charge is -2.11. The second-order valence-corrected chi connectivity index (χ2v) is 6.53. The predicted molar refractivity (Wildman–Crippen MR) is 103 cm³/mol. The van der Waals surface area contributed by atoms with E-state index >= 15 is 0 Å². The average molecular weight is 348 g/mol. The Balaban J connectivity index is 1.86. The fourth-order valence-electron chi connectivity index (χ4n) is 2.75. The number of amides is 1. The van der Waals surface area contributed by atoms with Crippen molar-refractivity contribution in [2.24, 2.45) is 5.10 Å². The van der Waals surface area contributed by atoms with Gasteiger partial charge in [-0.1, -0.05) is 38.1 Å². The first-order valence-electron chi connectivity index (χ1n) is 8.42. The number of hydrogen-bond donors (Lipinski definition) is 1. The lowest BCUT2D eigenvalue weighted by Crippen LogP contribution is -2.21. The highest BCUT2D eigenvalue weighted by atomic mass is 16.4. The molecule has 1 aliphatic heterocycles. The largest absolute Gasteiger partial charge is 0.478 e. The number of carbonyl (C=O) groups excluding carboxylic acids is 1. The normalized spacial score (nSPS) is 15.7. The van der Waals surface area contributed by atoms with Gasteiger partial charge in [-0.15, -0.1) is 0 Å². The highest BCUT2D eigenvalue weighted by Crippen LogP contribution is 2.25. The molecule has 0 radical (unpaired) electrons. The van der Waals surface area contributed by atoms with Crippen LogP contribution in [0.4, 0.5) is 5.69 Å². The van der Waals surface area contributed by atoms with Crippen LogP contribution in [0.3, 0.4) is 0 Å². The van der Waals surface area contributed by atoms with Crippen molar-refractivity contribution in [1.29, 1.82) is 0 Å². The quantitative estimate of drug-likeness (QED) is 0.837.